The van der Waals surface area contributed by atoms with Crippen molar-refractivity contribution in [2.75, 3.05) is 13.6 Å². The van der Waals surface area contributed by atoms with Crippen LogP contribution in [0.5, 0.6) is 0 Å². The van der Waals surface area contributed by atoms with Crippen molar-refractivity contribution in [3.05, 3.63) is 58.5 Å². The van der Waals surface area contributed by atoms with E-state index in [1.165, 1.54) is 0 Å². The van der Waals surface area contributed by atoms with Gasteiger partial charge < -0.3 is 20.4 Å². The zero-order chi connectivity index (χ0) is 17.5. The molecule has 0 radical (unpaired) electrons. The van der Waals surface area contributed by atoms with Crippen LogP contribution in [0, 0.1) is 0 Å². The van der Waals surface area contributed by atoms with Crippen LogP contribution in [-0.4, -0.2) is 30.4 Å². The molecule has 25 heavy (non-hydrogen) atoms. The Morgan fingerprint density at radius 2 is 2.12 bits per heavy atom. The average molecular weight is 477 g/mol. The number of hydrogen-bond acceptors (Lipinski definition) is 3. The first-order chi connectivity index (χ1) is 11.5. The van der Waals surface area contributed by atoms with Crippen molar-refractivity contribution >= 4 is 47.4 Å². The second kappa shape index (κ2) is 10.3. The predicted octanol–water partition coefficient (Wildman–Crippen LogP) is 3.25. The number of furan rings is 1. The van der Waals surface area contributed by atoms with E-state index in [9.17, 15) is 4.79 Å². The Morgan fingerprint density at radius 3 is 2.72 bits per heavy atom. The standard InChI is InChI=1S/C17H21ClN4O2.HI/c1-3-20-17(21-10-14-7-8-15(24-14)16(19)23)22(2)11-12-5-4-6-13(18)9-12;/h4-9H,3,10-11H2,1-2H3,(H2,19,23)(H,20,21);1H. The van der Waals surface area contributed by atoms with Crippen molar-refractivity contribution < 1.29 is 9.21 Å². The van der Waals surface area contributed by atoms with Gasteiger partial charge in [-0.05, 0) is 36.8 Å². The van der Waals surface area contributed by atoms with E-state index in [1.54, 1.807) is 12.1 Å². The Bertz CT molecular complexity index is 733. The number of nitrogens with zero attached hydrogens (tertiary/aromatic N) is 2. The highest BCUT2D eigenvalue weighted by Crippen LogP contribution is 2.13. The molecule has 0 fully saturated rings. The minimum absolute atomic E-state index is 0. The summed E-state index contributed by atoms with van der Waals surface area (Å²) in [7, 11) is 1.94. The third-order valence-corrected chi connectivity index (χ3v) is 3.53. The van der Waals surface area contributed by atoms with Gasteiger partial charge in [-0.15, -0.1) is 24.0 Å². The van der Waals surface area contributed by atoms with Crippen molar-refractivity contribution in [1.29, 1.82) is 0 Å². The number of rotatable bonds is 6. The Morgan fingerprint density at radius 1 is 1.36 bits per heavy atom. The molecule has 0 unspecified atom stereocenters. The SMILES string of the molecule is CCNC(=NCc1ccc(C(N)=O)o1)N(C)Cc1cccc(Cl)c1.I. The van der Waals surface area contributed by atoms with Crippen LogP contribution in [0.15, 0.2) is 45.8 Å². The number of nitrogens with two attached hydrogens (primary N) is 1. The minimum atomic E-state index is -0.588. The van der Waals surface area contributed by atoms with E-state index in [-0.39, 0.29) is 29.7 Å². The minimum Gasteiger partial charge on any atom is -0.454 e. The van der Waals surface area contributed by atoms with Crippen LogP contribution in [0.25, 0.3) is 0 Å². The Labute approximate surface area is 169 Å². The third-order valence-electron chi connectivity index (χ3n) is 3.29. The number of benzene rings is 1. The molecule has 0 atom stereocenters. The normalized spacial score (nSPS) is 10.9. The van der Waals surface area contributed by atoms with Crippen molar-refractivity contribution in [3.8, 4) is 0 Å². The lowest BCUT2D eigenvalue weighted by Crippen LogP contribution is -2.38. The van der Waals surface area contributed by atoms with Crippen LogP contribution in [0.4, 0.5) is 0 Å². The lowest BCUT2D eigenvalue weighted by atomic mass is 10.2. The number of amides is 1. The summed E-state index contributed by atoms with van der Waals surface area (Å²) in [6, 6.07) is 11.0. The fourth-order valence-corrected chi connectivity index (χ4v) is 2.41. The fraction of sp³-hybridized carbons (Fsp3) is 0.294. The summed E-state index contributed by atoms with van der Waals surface area (Å²) in [6.45, 7) is 3.72. The summed E-state index contributed by atoms with van der Waals surface area (Å²) in [4.78, 5) is 17.6. The van der Waals surface area contributed by atoms with Crippen molar-refractivity contribution in [3.63, 3.8) is 0 Å². The van der Waals surface area contributed by atoms with Crippen LogP contribution < -0.4 is 11.1 Å². The van der Waals surface area contributed by atoms with Crippen LogP contribution in [0.3, 0.4) is 0 Å². The maximum absolute atomic E-state index is 11.1. The number of halogens is 2. The quantitative estimate of drug-likeness (QED) is 0.381. The first-order valence-corrected chi connectivity index (χ1v) is 7.99. The summed E-state index contributed by atoms with van der Waals surface area (Å²) in [5.74, 6) is 0.859. The molecule has 8 heteroatoms. The highest BCUT2D eigenvalue weighted by molar-refractivity contribution is 14.0. The van der Waals surface area contributed by atoms with Crippen LogP contribution in [0.1, 0.15) is 28.8 Å². The number of carbonyl (C=O) groups excluding carboxylic acids is 1. The molecule has 2 rings (SSSR count). The molecule has 2 aromatic rings. The second-order valence-corrected chi connectivity index (χ2v) is 5.72. The van der Waals surface area contributed by atoms with E-state index in [4.69, 9.17) is 21.8 Å². The van der Waals surface area contributed by atoms with Gasteiger partial charge in [-0.1, -0.05) is 23.7 Å². The van der Waals surface area contributed by atoms with Gasteiger partial charge in [0.1, 0.15) is 12.3 Å². The van der Waals surface area contributed by atoms with E-state index >= 15 is 0 Å². The molecular formula is C17H22ClIN4O2. The monoisotopic (exact) mass is 476 g/mol. The van der Waals surface area contributed by atoms with Gasteiger partial charge in [0, 0.05) is 25.2 Å². The first-order valence-electron chi connectivity index (χ1n) is 7.62. The van der Waals surface area contributed by atoms with E-state index in [0.29, 0.717) is 23.9 Å². The van der Waals surface area contributed by atoms with Gasteiger partial charge in [-0.25, -0.2) is 4.99 Å². The molecule has 6 nitrogen and oxygen atoms in total. The Kier molecular flexibility index (Phi) is 8.77. The molecule has 1 aromatic carbocycles. The average Bonchev–Trinajstić information content (AvgIpc) is 3.00. The maximum atomic E-state index is 11.1. The predicted molar refractivity (Wildman–Crippen MR) is 110 cm³/mol. The topological polar surface area (TPSA) is 83.9 Å². The highest BCUT2D eigenvalue weighted by atomic mass is 127. The Hall–Kier alpha value is -1.74. The summed E-state index contributed by atoms with van der Waals surface area (Å²) in [5.41, 5.74) is 6.26. The molecule has 0 bridgehead atoms. The summed E-state index contributed by atoms with van der Waals surface area (Å²) in [5, 5.41) is 3.93. The molecule has 0 aliphatic rings. The van der Waals surface area contributed by atoms with Gasteiger partial charge in [0.05, 0.1) is 0 Å². The zero-order valence-corrected chi connectivity index (χ0v) is 17.2. The molecule has 3 N–H and O–H groups in total. The number of guanidine groups is 1. The zero-order valence-electron chi connectivity index (χ0n) is 14.2. The lowest BCUT2D eigenvalue weighted by molar-refractivity contribution is 0.0972. The number of nitrogens with one attached hydrogen (secondary N) is 1. The second-order valence-electron chi connectivity index (χ2n) is 5.29. The van der Waals surface area contributed by atoms with Gasteiger partial charge in [0.25, 0.3) is 5.91 Å². The van der Waals surface area contributed by atoms with Crippen molar-refractivity contribution in [2.24, 2.45) is 10.7 Å². The molecule has 0 aliphatic carbocycles. The summed E-state index contributed by atoms with van der Waals surface area (Å²) < 4.78 is 5.34. The molecule has 1 aromatic heterocycles. The number of hydrogen-bond donors (Lipinski definition) is 2. The van der Waals surface area contributed by atoms with Crippen LogP contribution in [-0.2, 0) is 13.1 Å². The first kappa shape index (κ1) is 21.3. The van der Waals surface area contributed by atoms with E-state index in [2.05, 4.69) is 10.3 Å². The summed E-state index contributed by atoms with van der Waals surface area (Å²) in [6.07, 6.45) is 0. The lowest BCUT2D eigenvalue weighted by Gasteiger charge is -2.22. The number of carbonyl (C=O) groups is 1. The third kappa shape index (κ3) is 6.58. The Balaban J connectivity index is 0.00000312. The molecule has 1 amide bonds. The molecule has 0 saturated heterocycles. The fourth-order valence-electron chi connectivity index (χ4n) is 2.20. The smallest absolute Gasteiger partial charge is 0.284 e. The molecule has 0 spiro atoms. The van der Waals surface area contributed by atoms with Gasteiger partial charge in [-0.2, -0.15) is 0 Å². The molecule has 0 saturated carbocycles. The number of aliphatic imine (C=N–C) groups is 1. The van der Waals surface area contributed by atoms with E-state index in [1.807, 2.05) is 43.1 Å². The van der Waals surface area contributed by atoms with Gasteiger partial charge in [0.2, 0.25) is 0 Å². The van der Waals surface area contributed by atoms with Gasteiger partial charge in [-0.3, -0.25) is 4.79 Å². The molecule has 0 aliphatic heterocycles. The van der Waals surface area contributed by atoms with Gasteiger partial charge >= 0.3 is 0 Å². The van der Waals surface area contributed by atoms with Gasteiger partial charge in [0.15, 0.2) is 11.7 Å². The highest BCUT2D eigenvalue weighted by Gasteiger charge is 2.09. The maximum Gasteiger partial charge on any atom is 0.284 e. The molecule has 136 valence electrons. The van der Waals surface area contributed by atoms with Crippen LogP contribution >= 0.6 is 35.6 Å². The largest absolute Gasteiger partial charge is 0.454 e. The number of primary amides is 1. The summed E-state index contributed by atoms with van der Waals surface area (Å²) >= 11 is 6.02. The van der Waals surface area contributed by atoms with Crippen LogP contribution in [0.2, 0.25) is 5.02 Å². The van der Waals surface area contributed by atoms with E-state index < -0.39 is 5.91 Å². The molecular weight excluding hydrogens is 455 g/mol. The molecule has 1 heterocycles. The van der Waals surface area contributed by atoms with E-state index in [0.717, 1.165) is 18.1 Å². The van der Waals surface area contributed by atoms with Crippen molar-refractivity contribution in [1.82, 2.24) is 10.2 Å². The van der Waals surface area contributed by atoms with Crippen molar-refractivity contribution in [2.45, 2.75) is 20.0 Å².